The van der Waals surface area contributed by atoms with Gasteiger partial charge in [0.1, 0.15) is 5.69 Å². The number of nitrogens with one attached hydrogen (secondary N) is 1. The lowest BCUT2D eigenvalue weighted by molar-refractivity contribution is 0.744. The van der Waals surface area contributed by atoms with E-state index in [4.69, 9.17) is 5.84 Å². The topological polar surface area (TPSA) is 68.2 Å². The van der Waals surface area contributed by atoms with Gasteiger partial charge in [0.2, 0.25) is 0 Å². The van der Waals surface area contributed by atoms with Crippen molar-refractivity contribution in [3.05, 3.63) is 47.8 Å². The molecule has 2 aromatic rings. The molecule has 0 atom stereocenters. The van der Waals surface area contributed by atoms with Gasteiger partial charge in [-0.1, -0.05) is 18.2 Å². The van der Waals surface area contributed by atoms with Crippen LogP contribution in [0.25, 0.3) is 0 Å². The molecule has 0 radical (unpaired) electrons. The van der Waals surface area contributed by atoms with Crippen molar-refractivity contribution in [2.24, 2.45) is 17.9 Å². The Morgan fingerprint density at radius 1 is 1.35 bits per heavy atom. The van der Waals surface area contributed by atoms with E-state index < -0.39 is 0 Å². The molecule has 2 rings (SSSR count). The number of benzene rings is 1. The summed E-state index contributed by atoms with van der Waals surface area (Å²) in [7, 11) is 1.86. The van der Waals surface area contributed by atoms with Crippen LogP contribution in [0.2, 0.25) is 0 Å². The second-order valence-electron chi connectivity index (χ2n) is 3.73. The minimum Gasteiger partial charge on any atom is -0.307 e. The van der Waals surface area contributed by atoms with Crippen molar-refractivity contribution in [2.45, 2.75) is 6.92 Å². The molecule has 0 unspecified atom stereocenters. The van der Waals surface area contributed by atoms with E-state index >= 15 is 0 Å². The van der Waals surface area contributed by atoms with Crippen molar-refractivity contribution < 1.29 is 0 Å². The SMILES string of the molecule is Cc1cc(C(=Nc2ccccc2)NN)n(C)n1. The van der Waals surface area contributed by atoms with E-state index in [-0.39, 0.29) is 0 Å². The number of aromatic nitrogens is 2. The average Bonchev–Trinajstić information content (AvgIpc) is 2.67. The van der Waals surface area contributed by atoms with E-state index in [0.717, 1.165) is 17.1 Å². The third kappa shape index (κ3) is 2.51. The minimum atomic E-state index is 0.597. The van der Waals surface area contributed by atoms with Gasteiger partial charge >= 0.3 is 0 Å². The Morgan fingerprint density at radius 3 is 2.59 bits per heavy atom. The molecule has 0 saturated heterocycles. The number of hydrogen-bond acceptors (Lipinski definition) is 3. The summed E-state index contributed by atoms with van der Waals surface area (Å²) in [6.45, 7) is 1.93. The zero-order valence-electron chi connectivity index (χ0n) is 9.88. The molecule has 3 N–H and O–H groups in total. The summed E-state index contributed by atoms with van der Waals surface area (Å²) >= 11 is 0. The van der Waals surface area contributed by atoms with Gasteiger partial charge in [-0.05, 0) is 25.1 Å². The zero-order chi connectivity index (χ0) is 12.3. The van der Waals surface area contributed by atoms with Crippen LogP contribution < -0.4 is 11.3 Å². The molecule has 0 bridgehead atoms. The molecule has 1 aromatic heterocycles. The number of nitrogens with two attached hydrogens (primary N) is 1. The molecule has 17 heavy (non-hydrogen) atoms. The molecule has 0 fully saturated rings. The van der Waals surface area contributed by atoms with Gasteiger partial charge in [-0.15, -0.1) is 0 Å². The molecule has 1 aromatic carbocycles. The first-order valence-corrected chi connectivity index (χ1v) is 5.32. The van der Waals surface area contributed by atoms with Crippen molar-refractivity contribution in [3.8, 4) is 0 Å². The molecule has 5 nitrogen and oxygen atoms in total. The summed E-state index contributed by atoms with van der Waals surface area (Å²) in [5, 5.41) is 4.26. The quantitative estimate of drug-likeness (QED) is 0.353. The van der Waals surface area contributed by atoms with Crippen LogP contribution in [-0.2, 0) is 7.05 Å². The van der Waals surface area contributed by atoms with Gasteiger partial charge in [0, 0.05) is 7.05 Å². The molecule has 0 aliphatic rings. The smallest absolute Gasteiger partial charge is 0.166 e. The number of hydrazine groups is 1. The van der Waals surface area contributed by atoms with E-state index in [1.807, 2.05) is 50.4 Å². The van der Waals surface area contributed by atoms with Crippen molar-refractivity contribution in [1.82, 2.24) is 15.2 Å². The van der Waals surface area contributed by atoms with Crippen LogP contribution in [0, 0.1) is 6.92 Å². The van der Waals surface area contributed by atoms with Crippen molar-refractivity contribution in [1.29, 1.82) is 0 Å². The Labute approximate surface area is 99.9 Å². The summed E-state index contributed by atoms with van der Waals surface area (Å²) in [4.78, 5) is 4.44. The fourth-order valence-corrected chi connectivity index (χ4v) is 1.63. The average molecular weight is 229 g/mol. The Bertz CT molecular complexity index is 527. The zero-order valence-corrected chi connectivity index (χ0v) is 9.88. The fourth-order valence-electron chi connectivity index (χ4n) is 1.63. The van der Waals surface area contributed by atoms with Crippen molar-refractivity contribution >= 4 is 11.5 Å². The summed E-state index contributed by atoms with van der Waals surface area (Å²) < 4.78 is 1.75. The van der Waals surface area contributed by atoms with Crippen LogP contribution in [-0.4, -0.2) is 15.6 Å². The van der Waals surface area contributed by atoms with Crippen LogP contribution in [0.3, 0.4) is 0 Å². The first-order valence-electron chi connectivity index (χ1n) is 5.32. The number of hydrogen-bond donors (Lipinski definition) is 2. The molecule has 0 saturated carbocycles. The van der Waals surface area contributed by atoms with E-state index in [9.17, 15) is 0 Å². The van der Waals surface area contributed by atoms with Gasteiger partial charge in [-0.3, -0.25) is 4.68 Å². The first-order chi connectivity index (χ1) is 8.20. The Kier molecular flexibility index (Phi) is 3.20. The molecule has 88 valence electrons. The third-order valence-corrected chi connectivity index (χ3v) is 2.38. The highest BCUT2D eigenvalue weighted by Gasteiger charge is 2.08. The lowest BCUT2D eigenvalue weighted by atomic mass is 10.3. The molecule has 0 spiro atoms. The second kappa shape index (κ2) is 4.80. The highest BCUT2D eigenvalue weighted by atomic mass is 15.3. The fraction of sp³-hybridized carbons (Fsp3) is 0.167. The van der Waals surface area contributed by atoms with Crippen LogP contribution in [0.15, 0.2) is 41.4 Å². The monoisotopic (exact) mass is 229 g/mol. The Hall–Kier alpha value is -2.14. The maximum atomic E-state index is 5.51. The number of amidine groups is 1. The van der Waals surface area contributed by atoms with Crippen LogP contribution in [0.1, 0.15) is 11.4 Å². The van der Waals surface area contributed by atoms with Crippen LogP contribution >= 0.6 is 0 Å². The molecule has 0 aliphatic heterocycles. The molecular formula is C12H15N5. The molecular weight excluding hydrogens is 214 g/mol. The highest BCUT2D eigenvalue weighted by molar-refractivity contribution is 5.98. The largest absolute Gasteiger partial charge is 0.307 e. The first kappa shape index (κ1) is 11.3. The van der Waals surface area contributed by atoms with Gasteiger partial charge < -0.3 is 5.43 Å². The molecule has 5 heteroatoms. The Balaban J connectivity index is 2.40. The Morgan fingerprint density at radius 2 is 2.06 bits per heavy atom. The van der Waals surface area contributed by atoms with E-state index in [0.29, 0.717) is 5.84 Å². The van der Waals surface area contributed by atoms with E-state index in [1.54, 1.807) is 4.68 Å². The molecule has 0 aliphatic carbocycles. The number of para-hydroxylation sites is 1. The lowest BCUT2D eigenvalue weighted by Gasteiger charge is -2.05. The number of aryl methyl sites for hydroxylation is 2. The summed E-state index contributed by atoms with van der Waals surface area (Å²) in [6, 6.07) is 11.6. The summed E-state index contributed by atoms with van der Waals surface area (Å²) in [6.07, 6.45) is 0. The van der Waals surface area contributed by atoms with Gasteiger partial charge in [-0.25, -0.2) is 10.8 Å². The van der Waals surface area contributed by atoms with Crippen molar-refractivity contribution in [3.63, 3.8) is 0 Å². The van der Waals surface area contributed by atoms with Gasteiger partial charge in [0.05, 0.1) is 11.4 Å². The standard InChI is InChI=1S/C12H15N5/c1-9-8-11(17(2)16-9)12(15-13)14-10-6-4-3-5-7-10/h3-8H,13H2,1-2H3,(H,14,15). The number of rotatable bonds is 2. The van der Waals surface area contributed by atoms with E-state index in [2.05, 4.69) is 15.5 Å². The maximum Gasteiger partial charge on any atom is 0.166 e. The second-order valence-corrected chi connectivity index (χ2v) is 3.73. The predicted molar refractivity (Wildman–Crippen MR) is 67.9 cm³/mol. The summed E-state index contributed by atoms with van der Waals surface area (Å²) in [5.41, 5.74) is 5.24. The van der Waals surface area contributed by atoms with Gasteiger partial charge in [0.15, 0.2) is 5.84 Å². The normalized spacial score (nSPS) is 11.6. The lowest BCUT2D eigenvalue weighted by Crippen LogP contribution is -2.32. The summed E-state index contributed by atoms with van der Waals surface area (Å²) in [5.74, 6) is 6.11. The molecule has 1 heterocycles. The van der Waals surface area contributed by atoms with Crippen LogP contribution in [0.4, 0.5) is 5.69 Å². The maximum absolute atomic E-state index is 5.51. The van der Waals surface area contributed by atoms with Gasteiger partial charge in [0.25, 0.3) is 0 Å². The number of nitrogens with zero attached hydrogens (tertiary/aromatic N) is 3. The third-order valence-electron chi connectivity index (χ3n) is 2.38. The van der Waals surface area contributed by atoms with Crippen LogP contribution in [0.5, 0.6) is 0 Å². The highest BCUT2D eigenvalue weighted by Crippen LogP contribution is 2.12. The van der Waals surface area contributed by atoms with E-state index in [1.165, 1.54) is 0 Å². The van der Waals surface area contributed by atoms with Gasteiger partial charge in [-0.2, -0.15) is 5.10 Å². The molecule has 0 amide bonds. The number of aliphatic imine (C=N–C) groups is 1. The predicted octanol–water partition coefficient (Wildman–Crippen LogP) is 1.27. The van der Waals surface area contributed by atoms with Crippen molar-refractivity contribution in [2.75, 3.05) is 0 Å². The minimum absolute atomic E-state index is 0.597.